The summed E-state index contributed by atoms with van der Waals surface area (Å²) in [5.41, 5.74) is 0.728. The number of ether oxygens (including phenoxy) is 2. The number of hydrogen-bond acceptors (Lipinski definition) is 7. The van der Waals surface area contributed by atoms with Crippen LogP contribution in [-0.2, 0) is 19.1 Å². The van der Waals surface area contributed by atoms with Gasteiger partial charge in [0.2, 0.25) is 11.7 Å². The number of ketones is 1. The number of esters is 1. The number of amides is 2. The van der Waals surface area contributed by atoms with Crippen LogP contribution < -0.4 is 10.2 Å². The van der Waals surface area contributed by atoms with E-state index in [1.54, 1.807) is 0 Å². The van der Waals surface area contributed by atoms with Crippen LogP contribution in [0.4, 0.5) is 5.69 Å². The molecule has 2 aromatic carbocycles. The molecule has 0 radical (unpaired) electrons. The topological polar surface area (TPSA) is 102 Å². The lowest BCUT2D eigenvalue weighted by Gasteiger charge is -2.17. The molecule has 2 atom stereocenters. The Morgan fingerprint density at radius 1 is 1.12 bits per heavy atom. The van der Waals surface area contributed by atoms with Gasteiger partial charge in [0.05, 0.1) is 34.8 Å². The van der Waals surface area contributed by atoms with Gasteiger partial charge in [-0.2, -0.15) is 0 Å². The summed E-state index contributed by atoms with van der Waals surface area (Å²) in [7, 11) is 0. The molecule has 34 heavy (non-hydrogen) atoms. The molecule has 2 fully saturated rings. The molecular formula is C24H22Cl2N2O6. The summed E-state index contributed by atoms with van der Waals surface area (Å²) in [6.07, 6.45) is 2.05. The zero-order valence-corrected chi connectivity index (χ0v) is 19.6. The van der Waals surface area contributed by atoms with Crippen LogP contribution in [0.2, 0.25) is 10.0 Å². The molecule has 0 aliphatic carbocycles. The molecule has 2 aliphatic heterocycles. The normalized spacial score (nSPS) is 20.1. The van der Waals surface area contributed by atoms with E-state index in [1.807, 2.05) is 0 Å². The second-order valence-corrected chi connectivity index (χ2v) is 8.88. The molecule has 2 heterocycles. The highest BCUT2D eigenvalue weighted by Gasteiger charge is 2.39. The van der Waals surface area contributed by atoms with Gasteiger partial charge < -0.3 is 14.8 Å². The third kappa shape index (κ3) is 5.47. The van der Waals surface area contributed by atoms with E-state index in [4.69, 9.17) is 32.7 Å². The van der Waals surface area contributed by atoms with Crippen molar-refractivity contribution in [2.45, 2.75) is 31.4 Å². The number of nitrogens with zero attached hydrogens (tertiary/aromatic N) is 1. The molecule has 178 valence electrons. The average molecular weight is 505 g/mol. The minimum atomic E-state index is -0.722. The number of halogens is 2. The molecule has 0 spiro atoms. The van der Waals surface area contributed by atoms with E-state index in [2.05, 4.69) is 5.32 Å². The predicted octanol–water partition coefficient (Wildman–Crippen LogP) is 3.43. The van der Waals surface area contributed by atoms with E-state index in [0.717, 1.165) is 17.7 Å². The first-order chi connectivity index (χ1) is 16.3. The minimum absolute atomic E-state index is 0.0600. The second kappa shape index (κ2) is 10.7. The van der Waals surface area contributed by atoms with Crippen LogP contribution in [-0.4, -0.2) is 55.5 Å². The zero-order chi connectivity index (χ0) is 24.2. The SMILES string of the molecule is O=C(OCC(=O)c1ccc(Cl)cc1Cl)c1ccc(N2C(=O)CC(NCC3CCCO3)C2=O)cc1. The Kier molecular flexibility index (Phi) is 7.63. The van der Waals surface area contributed by atoms with Crippen LogP contribution in [0, 0.1) is 0 Å². The van der Waals surface area contributed by atoms with Gasteiger partial charge in [-0.15, -0.1) is 0 Å². The van der Waals surface area contributed by atoms with Gasteiger partial charge >= 0.3 is 5.97 Å². The van der Waals surface area contributed by atoms with Crippen LogP contribution in [0.1, 0.15) is 40.0 Å². The zero-order valence-electron chi connectivity index (χ0n) is 18.1. The highest BCUT2D eigenvalue weighted by molar-refractivity contribution is 6.36. The second-order valence-electron chi connectivity index (χ2n) is 8.04. The Hall–Kier alpha value is -2.78. The van der Waals surface area contributed by atoms with E-state index < -0.39 is 24.4 Å². The Balaban J connectivity index is 1.33. The van der Waals surface area contributed by atoms with Crippen molar-refractivity contribution >= 4 is 52.5 Å². The lowest BCUT2D eigenvalue weighted by atomic mass is 10.1. The molecule has 8 nitrogen and oxygen atoms in total. The number of Topliss-reactive ketones (excluding diaryl/α,β-unsaturated/α-hetero) is 1. The predicted molar refractivity (Wildman–Crippen MR) is 125 cm³/mol. The summed E-state index contributed by atoms with van der Waals surface area (Å²) < 4.78 is 10.6. The van der Waals surface area contributed by atoms with Crippen molar-refractivity contribution in [1.82, 2.24) is 5.32 Å². The van der Waals surface area contributed by atoms with Gasteiger partial charge in [-0.1, -0.05) is 23.2 Å². The molecule has 2 amide bonds. The van der Waals surface area contributed by atoms with E-state index in [-0.39, 0.29) is 40.5 Å². The van der Waals surface area contributed by atoms with E-state index in [9.17, 15) is 19.2 Å². The third-order valence-electron chi connectivity index (χ3n) is 5.69. The van der Waals surface area contributed by atoms with Gasteiger partial charge in [0.1, 0.15) is 0 Å². The van der Waals surface area contributed by atoms with Crippen LogP contribution >= 0.6 is 23.2 Å². The van der Waals surface area contributed by atoms with E-state index in [0.29, 0.717) is 23.9 Å². The van der Waals surface area contributed by atoms with Crippen molar-refractivity contribution in [2.24, 2.45) is 0 Å². The molecule has 0 bridgehead atoms. The number of imide groups is 1. The minimum Gasteiger partial charge on any atom is -0.454 e. The number of nitrogens with one attached hydrogen (secondary N) is 1. The quantitative estimate of drug-likeness (QED) is 0.333. The third-order valence-corrected chi connectivity index (χ3v) is 6.24. The number of hydrogen-bond donors (Lipinski definition) is 1. The van der Waals surface area contributed by atoms with Crippen molar-refractivity contribution in [3.8, 4) is 0 Å². The maximum atomic E-state index is 12.8. The van der Waals surface area contributed by atoms with Crippen molar-refractivity contribution in [2.75, 3.05) is 24.7 Å². The van der Waals surface area contributed by atoms with Gasteiger partial charge in [0, 0.05) is 23.7 Å². The summed E-state index contributed by atoms with van der Waals surface area (Å²) in [6.45, 7) is 0.735. The fourth-order valence-corrected chi connectivity index (χ4v) is 4.41. The van der Waals surface area contributed by atoms with E-state index in [1.165, 1.54) is 42.5 Å². The van der Waals surface area contributed by atoms with Gasteiger partial charge in [0.25, 0.3) is 5.91 Å². The Morgan fingerprint density at radius 3 is 2.56 bits per heavy atom. The lowest BCUT2D eigenvalue weighted by molar-refractivity contribution is -0.121. The highest BCUT2D eigenvalue weighted by Crippen LogP contribution is 2.25. The monoisotopic (exact) mass is 504 g/mol. The summed E-state index contributed by atoms with van der Waals surface area (Å²) in [5, 5.41) is 3.68. The van der Waals surface area contributed by atoms with Crippen molar-refractivity contribution in [3.05, 3.63) is 63.6 Å². The summed E-state index contributed by atoms with van der Waals surface area (Å²) in [6, 6.07) is 9.66. The average Bonchev–Trinajstić information content (AvgIpc) is 3.43. The van der Waals surface area contributed by atoms with Crippen LogP contribution in [0.25, 0.3) is 0 Å². The molecule has 2 aromatic rings. The number of carbonyl (C=O) groups is 4. The molecular weight excluding hydrogens is 483 g/mol. The molecule has 4 rings (SSSR count). The molecule has 0 aromatic heterocycles. The first-order valence-corrected chi connectivity index (χ1v) is 11.6. The Labute approximate surface area is 206 Å². The van der Waals surface area contributed by atoms with Crippen LogP contribution in [0.3, 0.4) is 0 Å². The fourth-order valence-electron chi connectivity index (χ4n) is 3.90. The standard InChI is InChI=1S/C24H22Cl2N2O6/c25-15-5-8-18(19(26)10-15)21(29)13-34-24(32)14-3-6-16(7-4-14)28-22(30)11-20(23(28)31)27-12-17-2-1-9-33-17/h3-8,10,17,20,27H,1-2,9,11-13H2. The molecule has 1 N–H and O–H groups in total. The summed E-state index contributed by atoms with van der Waals surface area (Å²) in [4.78, 5) is 50.9. The molecule has 10 heteroatoms. The molecule has 2 unspecified atom stereocenters. The lowest BCUT2D eigenvalue weighted by Crippen LogP contribution is -2.41. The van der Waals surface area contributed by atoms with Crippen molar-refractivity contribution < 1.29 is 28.7 Å². The maximum absolute atomic E-state index is 12.8. The van der Waals surface area contributed by atoms with Crippen LogP contribution in [0.5, 0.6) is 0 Å². The van der Waals surface area contributed by atoms with Gasteiger partial charge in [-0.05, 0) is 55.3 Å². The smallest absolute Gasteiger partial charge is 0.338 e. The fraction of sp³-hybridized carbons (Fsp3) is 0.333. The molecule has 0 saturated carbocycles. The summed E-state index contributed by atoms with van der Waals surface area (Å²) in [5.74, 6) is -1.86. The largest absolute Gasteiger partial charge is 0.454 e. The molecule has 2 saturated heterocycles. The first kappa shape index (κ1) is 24.3. The Bertz CT molecular complexity index is 1110. The van der Waals surface area contributed by atoms with Crippen molar-refractivity contribution in [3.63, 3.8) is 0 Å². The van der Waals surface area contributed by atoms with E-state index >= 15 is 0 Å². The Morgan fingerprint density at radius 2 is 1.88 bits per heavy atom. The number of carbonyl (C=O) groups excluding carboxylic acids is 4. The number of rotatable bonds is 8. The van der Waals surface area contributed by atoms with Crippen LogP contribution in [0.15, 0.2) is 42.5 Å². The summed E-state index contributed by atoms with van der Waals surface area (Å²) >= 11 is 11.8. The maximum Gasteiger partial charge on any atom is 0.338 e. The van der Waals surface area contributed by atoms with Gasteiger partial charge in [-0.25, -0.2) is 9.69 Å². The van der Waals surface area contributed by atoms with Crippen molar-refractivity contribution in [1.29, 1.82) is 0 Å². The van der Waals surface area contributed by atoms with Gasteiger partial charge in [0.15, 0.2) is 6.61 Å². The number of anilines is 1. The molecule has 2 aliphatic rings. The van der Waals surface area contributed by atoms with Gasteiger partial charge in [-0.3, -0.25) is 14.4 Å². The highest BCUT2D eigenvalue weighted by atomic mass is 35.5. The first-order valence-electron chi connectivity index (χ1n) is 10.8. The number of benzene rings is 2.